The largest absolute Gasteiger partial charge is 0.481 e. The molecule has 5 nitrogen and oxygen atoms in total. The molecule has 1 unspecified atom stereocenters. The summed E-state index contributed by atoms with van der Waals surface area (Å²) in [4.78, 5) is 24.9. The molecule has 0 radical (unpaired) electrons. The van der Waals surface area contributed by atoms with Crippen molar-refractivity contribution in [2.24, 2.45) is 23.2 Å². The lowest BCUT2D eigenvalue weighted by Crippen LogP contribution is -2.36. The summed E-state index contributed by atoms with van der Waals surface area (Å²) < 4.78 is 0. The Kier molecular flexibility index (Phi) is 4.00. The SMILES string of the molecule is CCN(CC(C)C#N)C(=O)[C@H]1[C@@H](C(=O)O)C1(C)C. The minimum atomic E-state index is -0.914. The first-order valence-electron chi connectivity index (χ1n) is 6.18. The Balaban J connectivity index is 2.76. The van der Waals surface area contributed by atoms with Crippen LogP contribution in [0.1, 0.15) is 27.7 Å². The fraction of sp³-hybridized carbons (Fsp3) is 0.769. The topological polar surface area (TPSA) is 81.4 Å². The van der Waals surface area contributed by atoms with Gasteiger partial charge in [0.15, 0.2) is 0 Å². The van der Waals surface area contributed by atoms with Crippen molar-refractivity contribution in [3.05, 3.63) is 0 Å². The molecule has 0 aromatic heterocycles. The number of nitriles is 1. The van der Waals surface area contributed by atoms with Gasteiger partial charge in [-0.1, -0.05) is 13.8 Å². The van der Waals surface area contributed by atoms with Gasteiger partial charge < -0.3 is 10.0 Å². The summed E-state index contributed by atoms with van der Waals surface area (Å²) in [6.07, 6.45) is 0. The van der Waals surface area contributed by atoms with E-state index in [0.717, 1.165) is 0 Å². The average Bonchev–Trinajstić information content (AvgIpc) is 2.88. The van der Waals surface area contributed by atoms with Crippen LogP contribution >= 0.6 is 0 Å². The summed E-state index contributed by atoms with van der Waals surface area (Å²) >= 11 is 0. The lowest BCUT2D eigenvalue weighted by atomic mass is 10.1. The molecule has 5 heteroatoms. The molecule has 0 saturated heterocycles. The van der Waals surface area contributed by atoms with Crippen LogP contribution < -0.4 is 0 Å². The van der Waals surface area contributed by atoms with Gasteiger partial charge in [-0.2, -0.15) is 5.26 Å². The molecule has 3 atom stereocenters. The highest BCUT2D eigenvalue weighted by molar-refractivity contribution is 5.91. The van der Waals surface area contributed by atoms with Crippen LogP contribution in [0.2, 0.25) is 0 Å². The van der Waals surface area contributed by atoms with Gasteiger partial charge in [0.25, 0.3) is 0 Å². The first-order chi connectivity index (χ1) is 8.27. The molecule has 1 rings (SSSR count). The monoisotopic (exact) mass is 252 g/mol. The molecular weight excluding hydrogens is 232 g/mol. The quantitative estimate of drug-likeness (QED) is 0.800. The fourth-order valence-corrected chi connectivity index (χ4v) is 2.50. The summed E-state index contributed by atoms with van der Waals surface area (Å²) in [7, 11) is 0. The molecule has 100 valence electrons. The number of carbonyl (C=O) groups excluding carboxylic acids is 1. The number of carboxylic acid groups (broad SMARTS) is 1. The molecule has 0 heterocycles. The number of hydrogen-bond donors (Lipinski definition) is 1. The van der Waals surface area contributed by atoms with Gasteiger partial charge in [0.05, 0.1) is 23.8 Å². The smallest absolute Gasteiger partial charge is 0.307 e. The normalized spacial score (nSPS) is 25.9. The third kappa shape index (κ3) is 2.47. The molecule has 1 aliphatic carbocycles. The number of amides is 1. The first-order valence-corrected chi connectivity index (χ1v) is 6.18. The van der Waals surface area contributed by atoms with E-state index < -0.39 is 23.2 Å². The van der Waals surface area contributed by atoms with Gasteiger partial charge in [0.1, 0.15) is 0 Å². The number of rotatable bonds is 5. The Morgan fingerprint density at radius 3 is 2.33 bits per heavy atom. The maximum absolute atomic E-state index is 12.3. The molecule has 0 aliphatic heterocycles. The van der Waals surface area contributed by atoms with Crippen LogP contribution in [0.25, 0.3) is 0 Å². The average molecular weight is 252 g/mol. The summed E-state index contributed by atoms with van der Waals surface area (Å²) in [5.74, 6) is -2.35. The Hall–Kier alpha value is -1.57. The number of carbonyl (C=O) groups is 2. The van der Waals surface area contributed by atoms with E-state index in [1.165, 1.54) is 0 Å². The Morgan fingerprint density at radius 1 is 1.44 bits per heavy atom. The second-order valence-electron chi connectivity index (χ2n) is 5.52. The molecule has 1 fully saturated rings. The number of aliphatic carboxylic acids is 1. The molecule has 1 saturated carbocycles. The standard InChI is InChI=1S/C13H20N2O3/c1-5-15(7-8(2)6-14)11(16)9-10(12(17)18)13(9,3)4/h8-10H,5,7H2,1-4H3,(H,17,18)/t8?,9-,10+/m1/s1. The van der Waals surface area contributed by atoms with Crippen molar-refractivity contribution in [1.82, 2.24) is 4.90 Å². The predicted octanol–water partition coefficient (Wildman–Crippen LogP) is 1.35. The Morgan fingerprint density at radius 2 is 2.00 bits per heavy atom. The predicted molar refractivity (Wildman–Crippen MR) is 65.4 cm³/mol. The van der Waals surface area contributed by atoms with Crippen LogP contribution in [-0.4, -0.2) is 35.0 Å². The zero-order chi connectivity index (χ0) is 14.1. The van der Waals surface area contributed by atoms with Crippen molar-refractivity contribution in [2.75, 3.05) is 13.1 Å². The Bertz CT molecular complexity index is 398. The van der Waals surface area contributed by atoms with Crippen LogP contribution in [0, 0.1) is 34.5 Å². The van der Waals surface area contributed by atoms with Gasteiger partial charge >= 0.3 is 5.97 Å². The van der Waals surface area contributed by atoms with E-state index in [-0.39, 0.29) is 11.8 Å². The van der Waals surface area contributed by atoms with Crippen molar-refractivity contribution < 1.29 is 14.7 Å². The fourth-order valence-electron chi connectivity index (χ4n) is 2.50. The molecule has 1 N–H and O–H groups in total. The van der Waals surface area contributed by atoms with Crippen LogP contribution in [0.3, 0.4) is 0 Å². The molecule has 18 heavy (non-hydrogen) atoms. The summed E-state index contributed by atoms with van der Waals surface area (Å²) in [6.45, 7) is 8.07. The molecule has 1 aliphatic rings. The van der Waals surface area contributed by atoms with E-state index in [0.29, 0.717) is 13.1 Å². The minimum absolute atomic E-state index is 0.142. The Labute approximate surface area is 107 Å². The van der Waals surface area contributed by atoms with Crippen LogP contribution in [0.5, 0.6) is 0 Å². The summed E-state index contributed by atoms with van der Waals surface area (Å²) in [6, 6.07) is 2.09. The van der Waals surface area contributed by atoms with Gasteiger partial charge in [-0.3, -0.25) is 9.59 Å². The van der Waals surface area contributed by atoms with Gasteiger partial charge in [-0.05, 0) is 19.3 Å². The number of nitrogens with zero attached hydrogens (tertiary/aromatic N) is 2. The lowest BCUT2D eigenvalue weighted by molar-refractivity contribution is -0.142. The zero-order valence-corrected chi connectivity index (χ0v) is 11.3. The highest BCUT2D eigenvalue weighted by Gasteiger charge is 2.66. The van der Waals surface area contributed by atoms with E-state index >= 15 is 0 Å². The molecule has 0 aromatic rings. The van der Waals surface area contributed by atoms with Gasteiger partial charge in [0.2, 0.25) is 5.91 Å². The highest BCUT2D eigenvalue weighted by Crippen LogP contribution is 2.59. The molecule has 1 amide bonds. The third-order valence-corrected chi connectivity index (χ3v) is 3.77. The van der Waals surface area contributed by atoms with Crippen molar-refractivity contribution in [3.63, 3.8) is 0 Å². The zero-order valence-electron chi connectivity index (χ0n) is 11.3. The van der Waals surface area contributed by atoms with Crippen LogP contribution in [-0.2, 0) is 9.59 Å². The van der Waals surface area contributed by atoms with E-state index in [4.69, 9.17) is 10.4 Å². The van der Waals surface area contributed by atoms with E-state index in [2.05, 4.69) is 6.07 Å². The van der Waals surface area contributed by atoms with Crippen LogP contribution in [0.15, 0.2) is 0 Å². The van der Waals surface area contributed by atoms with Gasteiger partial charge in [0, 0.05) is 13.1 Å². The summed E-state index contributed by atoms with van der Waals surface area (Å²) in [5, 5.41) is 17.8. The van der Waals surface area contributed by atoms with Gasteiger partial charge in [-0.15, -0.1) is 0 Å². The number of hydrogen-bond acceptors (Lipinski definition) is 3. The van der Waals surface area contributed by atoms with Crippen molar-refractivity contribution in [1.29, 1.82) is 5.26 Å². The van der Waals surface area contributed by atoms with Crippen molar-refractivity contribution >= 4 is 11.9 Å². The summed E-state index contributed by atoms with van der Waals surface area (Å²) in [5.41, 5.74) is -0.480. The van der Waals surface area contributed by atoms with Crippen molar-refractivity contribution in [2.45, 2.75) is 27.7 Å². The molecule has 0 aromatic carbocycles. The van der Waals surface area contributed by atoms with Gasteiger partial charge in [-0.25, -0.2) is 0 Å². The second kappa shape index (κ2) is 4.97. The third-order valence-electron chi connectivity index (χ3n) is 3.77. The number of carboxylic acids is 1. The van der Waals surface area contributed by atoms with Crippen LogP contribution in [0.4, 0.5) is 0 Å². The maximum Gasteiger partial charge on any atom is 0.307 e. The molecule has 0 bridgehead atoms. The van der Waals surface area contributed by atoms with E-state index in [1.54, 1.807) is 25.7 Å². The second-order valence-corrected chi connectivity index (χ2v) is 5.52. The van der Waals surface area contributed by atoms with Crippen molar-refractivity contribution in [3.8, 4) is 6.07 Å². The molecular formula is C13H20N2O3. The van der Waals surface area contributed by atoms with E-state index in [1.807, 2.05) is 6.92 Å². The lowest BCUT2D eigenvalue weighted by Gasteiger charge is -2.22. The highest BCUT2D eigenvalue weighted by atomic mass is 16.4. The maximum atomic E-state index is 12.3. The van der Waals surface area contributed by atoms with E-state index in [9.17, 15) is 9.59 Å². The molecule has 0 spiro atoms. The minimum Gasteiger partial charge on any atom is -0.481 e. The first kappa shape index (κ1) is 14.5.